The van der Waals surface area contributed by atoms with Gasteiger partial charge >= 0.3 is 0 Å². The average molecular weight is 537 g/mol. The van der Waals surface area contributed by atoms with E-state index in [1.807, 2.05) is 12.1 Å². The molecule has 0 aliphatic heterocycles. The van der Waals surface area contributed by atoms with Crippen LogP contribution in [0.4, 0.5) is 0 Å². The molecule has 0 aliphatic carbocycles. The first-order valence-electron chi connectivity index (χ1n) is 14.2. The van der Waals surface area contributed by atoms with Crippen molar-refractivity contribution in [2.24, 2.45) is 0 Å². The number of imidazole rings is 2. The van der Waals surface area contributed by atoms with Gasteiger partial charge < -0.3 is 0 Å². The van der Waals surface area contributed by atoms with Gasteiger partial charge in [0, 0.05) is 22.0 Å². The van der Waals surface area contributed by atoms with E-state index in [0.29, 0.717) is 0 Å². The fourth-order valence-electron chi connectivity index (χ4n) is 6.36. The highest BCUT2D eigenvalue weighted by Crippen LogP contribution is 2.34. The third-order valence-electron chi connectivity index (χ3n) is 8.31. The molecular formula is C38H24N4. The lowest BCUT2D eigenvalue weighted by Gasteiger charge is -2.10. The maximum absolute atomic E-state index is 5.16. The standard InChI is InChI=1S/C38H24N4/c1-2-10-28(11-3-1)41-35-17-9-7-15-32(35)39-37(41)26-20-18-25(19-21-26)27-22-23-36-33(24-27)40-38-31-14-5-4-12-29(31)30-13-6-8-16-34(30)42(36)38/h1-24H. The molecular weight excluding hydrogens is 512 g/mol. The zero-order chi connectivity index (χ0) is 27.6. The van der Waals surface area contributed by atoms with E-state index in [9.17, 15) is 0 Å². The van der Waals surface area contributed by atoms with Crippen LogP contribution in [0.25, 0.3) is 77.6 Å². The lowest BCUT2D eigenvalue weighted by Crippen LogP contribution is -1.97. The lowest BCUT2D eigenvalue weighted by atomic mass is 10.0. The van der Waals surface area contributed by atoms with E-state index in [4.69, 9.17) is 9.97 Å². The van der Waals surface area contributed by atoms with E-state index in [2.05, 4.69) is 142 Å². The van der Waals surface area contributed by atoms with Crippen LogP contribution in [-0.4, -0.2) is 18.9 Å². The Hall–Kier alpha value is -5.74. The molecule has 0 unspecified atom stereocenters. The minimum absolute atomic E-state index is 0.934. The van der Waals surface area contributed by atoms with E-state index < -0.39 is 0 Å². The zero-order valence-corrected chi connectivity index (χ0v) is 22.6. The average Bonchev–Trinajstić information content (AvgIpc) is 3.65. The highest BCUT2D eigenvalue weighted by atomic mass is 15.1. The smallest absolute Gasteiger partial charge is 0.146 e. The van der Waals surface area contributed by atoms with Crippen LogP contribution >= 0.6 is 0 Å². The summed E-state index contributed by atoms with van der Waals surface area (Å²) in [5.74, 6) is 0.934. The quantitative estimate of drug-likeness (QED) is 0.211. The molecule has 0 N–H and O–H groups in total. The molecule has 3 heterocycles. The van der Waals surface area contributed by atoms with Gasteiger partial charge in [-0.25, -0.2) is 9.97 Å². The first-order chi connectivity index (χ1) is 20.8. The molecule has 0 saturated carbocycles. The maximum atomic E-state index is 5.16. The van der Waals surface area contributed by atoms with Crippen molar-refractivity contribution in [2.45, 2.75) is 0 Å². The third kappa shape index (κ3) is 3.36. The monoisotopic (exact) mass is 536 g/mol. The predicted octanol–water partition coefficient (Wildman–Crippen LogP) is 9.47. The Morgan fingerprint density at radius 1 is 0.405 bits per heavy atom. The summed E-state index contributed by atoms with van der Waals surface area (Å²) in [6, 6.07) is 51.2. The second-order valence-corrected chi connectivity index (χ2v) is 10.7. The Labute approximate surface area is 241 Å². The van der Waals surface area contributed by atoms with Crippen molar-refractivity contribution in [3.05, 3.63) is 146 Å². The molecule has 0 atom stereocenters. The minimum atomic E-state index is 0.934. The van der Waals surface area contributed by atoms with Crippen molar-refractivity contribution in [3.8, 4) is 28.2 Å². The van der Waals surface area contributed by atoms with Gasteiger partial charge in [0.15, 0.2) is 0 Å². The molecule has 0 amide bonds. The fraction of sp³-hybridized carbons (Fsp3) is 0. The number of hydrogen-bond acceptors (Lipinski definition) is 2. The van der Waals surface area contributed by atoms with Gasteiger partial charge in [-0.05, 0) is 59.0 Å². The number of pyridine rings is 1. The Balaban J connectivity index is 1.18. The van der Waals surface area contributed by atoms with Crippen LogP contribution in [0.2, 0.25) is 0 Å². The number of benzene rings is 6. The fourth-order valence-corrected chi connectivity index (χ4v) is 6.36. The Morgan fingerprint density at radius 3 is 1.88 bits per heavy atom. The second-order valence-electron chi connectivity index (χ2n) is 10.7. The number of fused-ring (bicyclic) bond motifs is 9. The van der Waals surface area contributed by atoms with Crippen molar-refractivity contribution in [3.63, 3.8) is 0 Å². The summed E-state index contributed by atoms with van der Waals surface area (Å²) in [6.07, 6.45) is 0. The Bertz CT molecular complexity index is 2450. The molecule has 4 heteroatoms. The van der Waals surface area contributed by atoms with Gasteiger partial charge in [0.2, 0.25) is 0 Å². The summed E-state index contributed by atoms with van der Waals surface area (Å²) in [6.45, 7) is 0. The summed E-state index contributed by atoms with van der Waals surface area (Å²) in [4.78, 5) is 10.2. The summed E-state index contributed by atoms with van der Waals surface area (Å²) in [7, 11) is 0. The number of hydrogen-bond donors (Lipinski definition) is 0. The molecule has 196 valence electrons. The van der Waals surface area contributed by atoms with E-state index >= 15 is 0 Å². The summed E-state index contributed by atoms with van der Waals surface area (Å²) in [5, 5.41) is 3.63. The Kier molecular flexibility index (Phi) is 4.87. The number of rotatable bonds is 3. The van der Waals surface area contributed by atoms with Gasteiger partial charge in [0.1, 0.15) is 11.5 Å². The highest BCUT2D eigenvalue weighted by molar-refractivity contribution is 6.13. The maximum Gasteiger partial charge on any atom is 0.146 e. The van der Waals surface area contributed by atoms with E-state index in [1.54, 1.807) is 0 Å². The van der Waals surface area contributed by atoms with Gasteiger partial charge in [0.05, 0.1) is 27.6 Å². The van der Waals surface area contributed by atoms with Crippen molar-refractivity contribution in [2.75, 3.05) is 0 Å². The van der Waals surface area contributed by atoms with Crippen LogP contribution in [0.15, 0.2) is 146 Å². The van der Waals surface area contributed by atoms with Gasteiger partial charge in [-0.3, -0.25) is 8.97 Å². The lowest BCUT2D eigenvalue weighted by molar-refractivity contribution is 1.10. The molecule has 0 radical (unpaired) electrons. The topological polar surface area (TPSA) is 35.1 Å². The molecule has 0 fully saturated rings. The minimum Gasteiger partial charge on any atom is -0.292 e. The molecule has 6 aromatic carbocycles. The number of para-hydroxylation sites is 4. The molecule has 3 aromatic heterocycles. The van der Waals surface area contributed by atoms with Crippen molar-refractivity contribution in [1.82, 2.24) is 18.9 Å². The predicted molar refractivity (Wildman–Crippen MR) is 173 cm³/mol. The van der Waals surface area contributed by atoms with Gasteiger partial charge in [-0.2, -0.15) is 0 Å². The summed E-state index contributed by atoms with van der Waals surface area (Å²) in [5.41, 5.74) is 10.8. The van der Waals surface area contributed by atoms with E-state index in [0.717, 1.165) is 55.9 Å². The van der Waals surface area contributed by atoms with Crippen molar-refractivity contribution >= 4 is 49.4 Å². The van der Waals surface area contributed by atoms with Crippen LogP contribution in [-0.2, 0) is 0 Å². The third-order valence-corrected chi connectivity index (χ3v) is 8.31. The van der Waals surface area contributed by atoms with Crippen molar-refractivity contribution < 1.29 is 0 Å². The van der Waals surface area contributed by atoms with Crippen molar-refractivity contribution in [1.29, 1.82) is 0 Å². The van der Waals surface area contributed by atoms with Crippen LogP contribution in [0.1, 0.15) is 0 Å². The molecule has 4 nitrogen and oxygen atoms in total. The van der Waals surface area contributed by atoms with Gasteiger partial charge in [0.25, 0.3) is 0 Å². The molecule has 0 bridgehead atoms. The van der Waals surface area contributed by atoms with Crippen LogP contribution in [0.5, 0.6) is 0 Å². The van der Waals surface area contributed by atoms with Gasteiger partial charge in [-0.1, -0.05) is 103 Å². The normalized spacial score (nSPS) is 11.8. The molecule has 0 spiro atoms. The highest BCUT2D eigenvalue weighted by Gasteiger charge is 2.16. The van der Waals surface area contributed by atoms with Crippen LogP contribution in [0.3, 0.4) is 0 Å². The molecule has 0 saturated heterocycles. The summed E-state index contributed by atoms with van der Waals surface area (Å²) < 4.78 is 4.54. The number of nitrogens with zero attached hydrogens (tertiary/aromatic N) is 4. The zero-order valence-electron chi connectivity index (χ0n) is 22.6. The van der Waals surface area contributed by atoms with E-state index in [-0.39, 0.29) is 0 Å². The Morgan fingerprint density at radius 2 is 1.05 bits per heavy atom. The summed E-state index contributed by atoms with van der Waals surface area (Å²) >= 11 is 0. The second kappa shape index (κ2) is 8.88. The molecule has 9 rings (SSSR count). The first-order valence-corrected chi connectivity index (χ1v) is 14.2. The van der Waals surface area contributed by atoms with Gasteiger partial charge in [-0.15, -0.1) is 0 Å². The first kappa shape index (κ1) is 23.0. The van der Waals surface area contributed by atoms with Crippen LogP contribution in [0, 0.1) is 0 Å². The molecule has 0 aliphatic rings. The molecule has 42 heavy (non-hydrogen) atoms. The molecule has 9 aromatic rings. The van der Waals surface area contributed by atoms with E-state index in [1.165, 1.54) is 21.7 Å². The van der Waals surface area contributed by atoms with Crippen LogP contribution < -0.4 is 0 Å². The number of aromatic nitrogens is 4. The SMILES string of the molecule is c1ccc(-n2c(-c3ccc(-c4ccc5c(c4)nc4c6ccccc6c6ccccc6n54)cc3)nc3ccccc32)cc1. The largest absolute Gasteiger partial charge is 0.292 e.